The number of nitrogens with one attached hydrogen (secondary N) is 1. The van der Waals surface area contributed by atoms with Crippen LogP contribution in [0.1, 0.15) is 18.9 Å². The predicted octanol–water partition coefficient (Wildman–Crippen LogP) is 2.47. The van der Waals surface area contributed by atoms with Gasteiger partial charge in [-0.15, -0.1) is 0 Å². The Balaban J connectivity index is 2.16. The normalized spacial score (nSPS) is 15.1. The summed E-state index contributed by atoms with van der Waals surface area (Å²) in [6.45, 7) is 3.61. The summed E-state index contributed by atoms with van der Waals surface area (Å²) in [5, 5.41) is 15.1. The third-order valence-corrected chi connectivity index (χ3v) is 3.94. The van der Waals surface area contributed by atoms with E-state index >= 15 is 0 Å². The van der Waals surface area contributed by atoms with Crippen molar-refractivity contribution in [1.82, 2.24) is 5.32 Å². The summed E-state index contributed by atoms with van der Waals surface area (Å²) in [7, 11) is 0. The van der Waals surface area contributed by atoms with Crippen LogP contribution in [0.4, 0.5) is 0 Å². The first-order valence-corrected chi connectivity index (χ1v) is 8.20. The van der Waals surface area contributed by atoms with Gasteiger partial charge in [0.15, 0.2) is 11.5 Å². The molecule has 6 nitrogen and oxygen atoms in total. The standard InChI is InChI=1S/C19H19NO5/c1-2-10-20-11-9-14-12-5-3-4-6-13(12)17(23)19-18(14)24-15(21)7-8-16(22)25-19/h3-8,20,23H,2,9-11H2,1H3/b8-7+. The molecule has 0 radical (unpaired) electrons. The van der Waals surface area contributed by atoms with Crippen LogP contribution in [0.3, 0.4) is 0 Å². The number of phenolic OH excluding ortho intramolecular Hbond substituents is 1. The molecule has 2 aromatic carbocycles. The van der Waals surface area contributed by atoms with Crippen molar-refractivity contribution in [2.24, 2.45) is 0 Å². The molecule has 0 fully saturated rings. The van der Waals surface area contributed by atoms with Gasteiger partial charge >= 0.3 is 11.9 Å². The third kappa shape index (κ3) is 3.49. The van der Waals surface area contributed by atoms with E-state index < -0.39 is 11.9 Å². The second-order valence-electron chi connectivity index (χ2n) is 5.71. The van der Waals surface area contributed by atoms with Crippen LogP contribution in [0.15, 0.2) is 36.4 Å². The Morgan fingerprint density at radius 2 is 1.60 bits per heavy atom. The Morgan fingerprint density at radius 3 is 2.28 bits per heavy atom. The predicted molar refractivity (Wildman–Crippen MR) is 92.9 cm³/mol. The van der Waals surface area contributed by atoms with Crippen LogP contribution in [-0.4, -0.2) is 30.1 Å². The number of phenols is 1. The van der Waals surface area contributed by atoms with Gasteiger partial charge in [0.2, 0.25) is 5.75 Å². The van der Waals surface area contributed by atoms with E-state index in [0.29, 0.717) is 23.9 Å². The summed E-state index contributed by atoms with van der Waals surface area (Å²) in [5.74, 6) is -1.66. The fourth-order valence-electron chi connectivity index (χ4n) is 2.81. The number of fused-ring (bicyclic) bond motifs is 2. The molecule has 0 aromatic heterocycles. The highest BCUT2D eigenvalue weighted by Gasteiger charge is 2.26. The SMILES string of the molecule is CCCNCCc1c2c(c(O)c3ccccc13)OC(=O)/C=C/C(=O)O2. The minimum absolute atomic E-state index is 0.0946. The fourth-order valence-corrected chi connectivity index (χ4v) is 2.81. The molecule has 0 saturated heterocycles. The van der Waals surface area contributed by atoms with Gasteiger partial charge in [0.25, 0.3) is 0 Å². The van der Waals surface area contributed by atoms with E-state index in [1.165, 1.54) is 0 Å². The summed E-state index contributed by atoms with van der Waals surface area (Å²) >= 11 is 0. The maximum Gasteiger partial charge on any atom is 0.336 e. The van der Waals surface area contributed by atoms with Gasteiger partial charge in [-0.3, -0.25) is 0 Å². The number of ether oxygens (including phenoxy) is 2. The molecular weight excluding hydrogens is 322 g/mol. The van der Waals surface area contributed by atoms with E-state index in [4.69, 9.17) is 9.47 Å². The average molecular weight is 341 g/mol. The Kier molecular flexibility index (Phi) is 5.00. The second kappa shape index (κ2) is 7.36. The molecule has 25 heavy (non-hydrogen) atoms. The molecule has 3 rings (SSSR count). The number of aromatic hydroxyl groups is 1. The number of hydrogen-bond acceptors (Lipinski definition) is 6. The van der Waals surface area contributed by atoms with Gasteiger partial charge in [0.05, 0.1) is 0 Å². The molecule has 0 spiro atoms. The van der Waals surface area contributed by atoms with Crippen molar-refractivity contribution in [1.29, 1.82) is 0 Å². The molecule has 1 heterocycles. The van der Waals surface area contributed by atoms with E-state index in [9.17, 15) is 14.7 Å². The summed E-state index contributed by atoms with van der Waals surface area (Å²) in [6.07, 6.45) is 3.54. The molecule has 0 unspecified atom stereocenters. The van der Waals surface area contributed by atoms with Crippen LogP contribution >= 0.6 is 0 Å². The van der Waals surface area contributed by atoms with Crippen molar-refractivity contribution in [3.63, 3.8) is 0 Å². The number of esters is 2. The van der Waals surface area contributed by atoms with Crippen LogP contribution in [0.2, 0.25) is 0 Å². The molecule has 1 aliphatic heterocycles. The summed E-state index contributed by atoms with van der Waals surface area (Å²) in [4.78, 5) is 23.7. The molecule has 0 amide bonds. The molecule has 2 aromatic rings. The van der Waals surface area contributed by atoms with Gasteiger partial charge in [-0.1, -0.05) is 31.2 Å². The van der Waals surface area contributed by atoms with Crippen molar-refractivity contribution in [2.45, 2.75) is 19.8 Å². The van der Waals surface area contributed by atoms with E-state index in [1.54, 1.807) is 12.1 Å². The minimum atomic E-state index is -0.737. The lowest BCUT2D eigenvalue weighted by Gasteiger charge is -2.19. The Bertz CT molecular complexity index is 857. The van der Waals surface area contributed by atoms with Gasteiger partial charge in [-0.2, -0.15) is 0 Å². The first kappa shape index (κ1) is 17.0. The molecule has 0 saturated carbocycles. The van der Waals surface area contributed by atoms with Gasteiger partial charge in [0.1, 0.15) is 0 Å². The number of benzene rings is 2. The smallest absolute Gasteiger partial charge is 0.336 e. The number of carbonyl (C=O) groups is 2. The molecule has 2 N–H and O–H groups in total. The first-order valence-electron chi connectivity index (χ1n) is 8.20. The topological polar surface area (TPSA) is 84.9 Å². The number of carbonyl (C=O) groups excluding carboxylic acids is 2. The zero-order valence-corrected chi connectivity index (χ0v) is 13.9. The van der Waals surface area contributed by atoms with Crippen LogP contribution in [0.5, 0.6) is 17.2 Å². The number of rotatable bonds is 5. The van der Waals surface area contributed by atoms with Crippen molar-refractivity contribution in [2.75, 3.05) is 13.1 Å². The average Bonchev–Trinajstić information content (AvgIpc) is 2.61. The molecule has 1 aliphatic rings. The van der Waals surface area contributed by atoms with Crippen molar-refractivity contribution >= 4 is 22.7 Å². The van der Waals surface area contributed by atoms with Crippen molar-refractivity contribution < 1.29 is 24.2 Å². The van der Waals surface area contributed by atoms with Crippen LogP contribution in [-0.2, 0) is 16.0 Å². The third-order valence-electron chi connectivity index (χ3n) is 3.94. The molecular formula is C19H19NO5. The zero-order chi connectivity index (χ0) is 17.8. The zero-order valence-electron chi connectivity index (χ0n) is 13.9. The van der Waals surface area contributed by atoms with Crippen molar-refractivity contribution in [3.05, 3.63) is 42.0 Å². The van der Waals surface area contributed by atoms with Crippen LogP contribution in [0.25, 0.3) is 10.8 Å². The Morgan fingerprint density at radius 1 is 0.960 bits per heavy atom. The minimum Gasteiger partial charge on any atom is -0.504 e. The summed E-state index contributed by atoms with van der Waals surface area (Å²) in [5.41, 5.74) is 0.712. The van der Waals surface area contributed by atoms with Gasteiger partial charge in [0, 0.05) is 23.1 Å². The quantitative estimate of drug-likeness (QED) is 0.494. The van der Waals surface area contributed by atoms with Crippen LogP contribution < -0.4 is 14.8 Å². The molecule has 130 valence electrons. The Hall–Kier alpha value is -2.86. The maximum absolute atomic E-state index is 11.9. The van der Waals surface area contributed by atoms with Crippen LogP contribution in [0, 0.1) is 0 Å². The van der Waals surface area contributed by atoms with Gasteiger partial charge in [-0.05, 0) is 31.3 Å². The largest absolute Gasteiger partial charge is 0.504 e. The highest BCUT2D eigenvalue weighted by molar-refractivity contribution is 6.01. The van der Waals surface area contributed by atoms with E-state index in [2.05, 4.69) is 12.2 Å². The second-order valence-corrected chi connectivity index (χ2v) is 5.71. The van der Waals surface area contributed by atoms with E-state index in [1.807, 2.05) is 12.1 Å². The van der Waals surface area contributed by atoms with Crippen molar-refractivity contribution in [3.8, 4) is 17.2 Å². The molecule has 0 aliphatic carbocycles. The molecule has 6 heteroatoms. The maximum atomic E-state index is 11.9. The molecule has 0 atom stereocenters. The molecule has 0 bridgehead atoms. The lowest BCUT2D eigenvalue weighted by Crippen LogP contribution is -2.20. The summed E-state index contributed by atoms with van der Waals surface area (Å²) in [6, 6.07) is 7.20. The number of hydrogen-bond donors (Lipinski definition) is 2. The Labute approximate surface area is 145 Å². The first-order chi connectivity index (χ1) is 12.1. The lowest BCUT2D eigenvalue weighted by molar-refractivity contribution is -0.133. The van der Waals surface area contributed by atoms with Gasteiger partial charge < -0.3 is 19.9 Å². The summed E-state index contributed by atoms with van der Waals surface area (Å²) < 4.78 is 10.6. The lowest BCUT2D eigenvalue weighted by atomic mass is 9.99. The van der Waals surface area contributed by atoms with E-state index in [0.717, 1.165) is 30.5 Å². The van der Waals surface area contributed by atoms with Gasteiger partial charge in [-0.25, -0.2) is 9.59 Å². The van der Waals surface area contributed by atoms with E-state index in [-0.39, 0.29) is 17.2 Å². The highest BCUT2D eigenvalue weighted by Crippen LogP contribution is 2.47. The fraction of sp³-hybridized carbons (Fsp3) is 0.263. The highest BCUT2D eigenvalue weighted by atomic mass is 16.6. The monoisotopic (exact) mass is 341 g/mol.